The third-order valence-electron chi connectivity index (χ3n) is 3.96. The Morgan fingerprint density at radius 1 is 1.50 bits per heavy atom. The molecule has 1 aliphatic heterocycles. The molecule has 0 bridgehead atoms. The minimum Gasteiger partial charge on any atom is -0.378 e. The summed E-state index contributed by atoms with van der Waals surface area (Å²) in [7, 11) is 2.02. The van der Waals surface area contributed by atoms with Crippen molar-refractivity contribution < 1.29 is 4.74 Å². The first-order valence-corrected chi connectivity index (χ1v) is 7.10. The standard InChI is InChI=1S/C15H22ClNO/c1-4-14-12(7-8-18-14)15(17-3)11-6-5-10(2)13(16)9-11/h5-6,9,12,14-15,17H,4,7-8H2,1-3H3. The van der Waals surface area contributed by atoms with Crippen molar-refractivity contribution in [3.8, 4) is 0 Å². The first-order valence-electron chi connectivity index (χ1n) is 6.72. The second-order valence-corrected chi connectivity index (χ2v) is 5.45. The van der Waals surface area contributed by atoms with Crippen molar-refractivity contribution in [2.45, 2.75) is 38.8 Å². The SMILES string of the molecule is CCC1OCCC1C(NC)c1ccc(C)c(Cl)c1. The van der Waals surface area contributed by atoms with Crippen LogP contribution in [0.15, 0.2) is 18.2 Å². The van der Waals surface area contributed by atoms with Gasteiger partial charge in [0.25, 0.3) is 0 Å². The summed E-state index contributed by atoms with van der Waals surface area (Å²) >= 11 is 6.23. The molecular formula is C15H22ClNO. The quantitative estimate of drug-likeness (QED) is 0.898. The number of ether oxygens (including phenoxy) is 1. The molecule has 0 amide bonds. The van der Waals surface area contributed by atoms with E-state index in [0.29, 0.717) is 18.1 Å². The van der Waals surface area contributed by atoms with Gasteiger partial charge in [-0.3, -0.25) is 0 Å². The molecule has 1 aromatic rings. The van der Waals surface area contributed by atoms with Gasteiger partial charge >= 0.3 is 0 Å². The molecule has 3 heteroatoms. The van der Waals surface area contributed by atoms with Gasteiger partial charge in [0.1, 0.15) is 0 Å². The predicted octanol–water partition coefficient (Wildman–Crippen LogP) is 3.72. The van der Waals surface area contributed by atoms with Gasteiger partial charge in [-0.15, -0.1) is 0 Å². The Morgan fingerprint density at radius 2 is 2.28 bits per heavy atom. The van der Waals surface area contributed by atoms with Crippen LogP contribution in [0.4, 0.5) is 0 Å². The van der Waals surface area contributed by atoms with Crippen LogP contribution >= 0.6 is 11.6 Å². The Bertz CT molecular complexity index is 407. The molecule has 1 saturated heterocycles. The molecule has 1 N–H and O–H groups in total. The molecular weight excluding hydrogens is 246 g/mol. The van der Waals surface area contributed by atoms with Crippen LogP contribution in [-0.4, -0.2) is 19.8 Å². The highest BCUT2D eigenvalue weighted by Crippen LogP contribution is 2.35. The maximum atomic E-state index is 6.23. The van der Waals surface area contributed by atoms with Crippen molar-refractivity contribution in [2.75, 3.05) is 13.7 Å². The number of halogens is 1. The van der Waals surface area contributed by atoms with Crippen LogP contribution in [0.3, 0.4) is 0 Å². The van der Waals surface area contributed by atoms with E-state index < -0.39 is 0 Å². The maximum absolute atomic E-state index is 6.23. The van der Waals surface area contributed by atoms with Gasteiger partial charge in [-0.2, -0.15) is 0 Å². The molecule has 0 radical (unpaired) electrons. The fraction of sp³-hybridized carbons (Fsp3) is 0.600. The molecule has 2 rings (SSSR count). The largest absolute Gasteiger partial charge is 0.378 e. The van der Waals surface area contributed by atoms with Crippen LogP contribution in [0.1, 0.15) is 36.9 Å². The number of benzene rings is 1. The molecule has 3 atom stereocenters. The van der Waals surface area contributed by atoms with Gasteiger partial charge in [0.15, 0.2) is 0 Å². The van der Waals surface area contributed by atoms with Gasteiger partial charge in [-0.1, -0.05) is 30.7 Å². The van der Waals surface area contributed by atoms with Crippen LogP contribution in [0.5, 0.6) is 0 Å². The predicted molar refractivity (Wildman–Crippen MR) is 76.1 cm³/mol. The van der Waals surface area contributed by atoms with E-state index in [-0.39, 0.29) is 0 Å². The number of hydrogen-bond acceptors (Lipinski definition) is 2. The van der Waals surface area contributed by atoms with Gasteiger partial charge in [-0.05, 0) is 44.0 Å². The smallest absolute Gasteiger partial charge is 0.0619 e. The van der Waals surface area contributed by atoms with Crippen molar-refractivity contribution >= 4 is 11.6 Å². The van der Waals surface area contributed by atoms with E-state index in [1.165, 1.54) is 5.56 Å². The Morgan fingerprint density at radius 3 is 2.89 bits per heavy atom. The first kappa shape index (κ1) is 13.9. The minimum absolute atomic E-state index is 0.329. The van der Waals surface area contributed by atoms with Gasteiger partial charge < -0.3 is 10.1 Å². The molecule has 1 aromatic carbocycles. The van der Waals surface area contributed by atoms with Crippen molar-refractivity contribution in [3.63, 3.8) is 0 Å². The highest BCUT2D eigenvalue weighted by Gasteiger charge is 2.33. The molecule has 18 heavy (non-hydrogen) atoms. The molecule has 1 aliphatic rings. The summed E-state index contributed by atoms with van der Waals surface area (Å²) in [5, 5.41) is 4.28. The molecule has 1 heterocycles. The van der Waals surface area contributed by atoms with E-state index in [4.69, 9.17) is 16.3 Å². The number of rotatable bonds is 4. The molecule has 0 spiro atoms. The fourth-order valence-electron chi connectivity index (χ4n) is 2.90. The lowest BCUT2D eigenvalue weighted by Gasteiger charge is -2.27. The third kappa shape index (κ3) is 2.71. The monoisotopic (exact) mass is 267 g/mol. The lowest BCUT2D eigenvalue weighted by atomic mass is 9.86. The summed E-state index contributed by atoms with van der Waals surface area (Å²) in [4.78, 5) is 0. The zero-order valence-corrected chi connectivity index (χ0v) is 12.1. The maximum Gasteiger partial charge on any atom is 0.0619 e. The van der Waals surface area contributed by atoms with Crippen LogP contribution < -0.4 is 5.32 Å². The lowest BCUT2D eigenvalue weighted by molar-refractivity contribution is 0.0782. The van der Waals surface area contributed by atoms with Crippen molar-refractivity contribution in [1.82, 2.24) is 5.32 Å². The summed E-state index contributed by atoms with van der Waals surface area (Å²) in [6.07, 6.45) is 2.56. The number of nitrogens with one attached hydrogen (secondary N) is 1. The minimum atomic E-state index is 0.329. The Kier molecular flexibility index (Phi) is 4.66. The Balaban J connectivity index is 2.24. The Labute approximate surface area is 115 Å². The molecule has 1 fully saturated rings. The molecule has 3 unspecified atom stereocenters. The zero-order chi connectivity index (χ0) is 13.1. The Hall–Kier alpha value is -0.570. The molecule has 0 saturated carbocycles. The summed E-state index contributed by atoms with van der Waals surface area (Å²) in [5.74, 6) is 0.541. The van der Waals surface area contributed by atoms with E-state index in [1.807, 2.05) is 14.0 Å². The van der Waals surface area contributed by atoms with Crippen LogP contribution in [0.25, 0.3) is 0 Å². The topological polar surface area (TPSA) is 21.3 Å². The van der Waals surface area contributed by atoms with Gasteiger partial charge in [0.05, 0.1) is 6.10 Å². The lowest BCUT2D eigenvalue weighted by Crippen LogP contribution is -2.30. The van der Waals surface area contributed by atoms with E-state index in [2.05, 4.69) is 30.4 Å². The summed E-state index contributed by atoms with van der Waals surface area (Å²) < 4.78 is 5.80. The van der Waals surface area contributed by atoms with Crippen LogP contribution in [0.2, 0.25) is 5.02 Å². The highest BCUT2D eigenvalue weighted by molar-refractivity contribution is 6.31. The average Bonchev–Trinajstić information content (AvgIpc) is 2.83. The first-order chi connectivity index (χ1) is 8.67. The van der Waals surface area contributed by atoms with E-state index >= 15 is 0 Å². The average molecular weight is 268 g/mol. The van der Waals surface area contributed by atoms with Crippen LogP contribution in [0, 0.1) is 12.8 Å². The van der Waals surface area contributed by atoms with Crippen molar-refractivity contribution in [3.05, 3.63) is 34.3 Å². The summed E-state index contributed by atoms with van der Waals surface area (Å²) in [5.41, 5.74) is 2.40. The van der Waals surface area contributed by atoms with Crippen LogP contribution in [-0.2, 0) is 4.74 Å². The van der Waals surface area contributed by atoms with Gasteiger partial charge in [0, 0.05) is 23.6 Å². The molecule has 0 aromatic heterocycles. The summed E-state index contributed by atoms with van der Waals surface area (Å²) in [6, 6.07) is 6.69. The normalized spacial score (nSPS) is 25.3. The fourth-order valence-corrected chi connectivity index (χ4v) is 3.09. The summed E-state index contributed by atoms with van der Waals surface area (Å²) in [6.45, 7) is 5.10. The molecule has 2 nitrogen and oxygen atoms in total. The number of aryl methyl sites for hydroxylation is 1. The third-order valence-corrected chi connectivity index (χ3v) is 4.36. The second-order valence-electron chi connectivity index (χ2n) is 5.04. The zero-order valence-electron chi connectivity index (χ0n) is 11.4. The van der Waals surface area contributed by atoms with E-state index in [1.54, 1.807) is 0 Å². The van der Waals surface area contributed by atoms with E-state index in [0.717, 1.165) is 30.0 Å². The molecule has 0 aliphatic carbocycles. The molecule has 100 valence electrons. The second kappa shape index (κ2) is 6.05. The number of hydrogen-bond donors (Lipinski definition) is 1. The van der Waals surface area contributed by atoms with Gasteiger partial charge in [-0.25, -0.2) is 0 Å². The van der Waals surface area contributed by atoms with Gasteiger partial charge in [0.2, 0.25) is 0 Å². The van der Waals surface area contributed by atoms with Crippen molar-refractivity contribution in [1.29, 1.82) is 0 Å². The van der Waals surface area contributed by atoms with Crippen molar-refractivity contribution in [2.24, 2.45) is 5.92 Å². The van der Waals surface area contributed by atoms with E-state index in [9.17, 15) is 0 Å². The highest BCUT2D eigenvalue weighted by atomic mass is 35.5.